The van der Waals surface area contributed by atoms with Crippen LogP contribution in [0.5, 0.6) is 0 Å². The van der Waals surface area contributed by atoms with E-state index in [0.717, 1.165) is 0 Å². The molecule has 27 valence electrons. The maximum absolute atomic E-state index is 0. The van der Waals surface area contributed by atoms with Crippen LogP contribution >= 0.6 is 0 Å². The van der Waals surface area contributed by atoms with Crippen molar-refractivity contribution in [3.8, 4) is 0 Å². The van der Waals surface area contributed by atoms with Gasteiger partial charge in [-0.25, -0.2) is 0 Å². The molecule has 0 rings (SSSR count). The molecule has 0 aromatic heterocycles. The summed E-state index contributed by atoms with van der Waals surface area (Å²) in [5, 5.41) is 0. The molecule has 2 nitrogen and oxygen atoms in total. The maximum atomic E-state index is 0. The minimum Gasteiger partial charge on any atom is -0.870 e. The van der Waals surface area contributed by atoms with Gasteiger partial charge in [-0.2, -0.15) is 0 Å². The second kappa shape index (κ2) is 27.5. The van der Waals surface area contributed by atoms with E-state index in [-0.39, 0.29) is 53.9 Å². The van der Waals surface area contributed by atoms with Crippen LogP contribution in [-0.2, 0) is 43.0 Å². The van der Waals surface area contributed by atoms with Crippen LogP contribution in [0.3, 0.4) is 0 Å². The zero-order valence-corrected chi connectivity index (χ0v) is 5.23. The Balaban J connectivity index is 0. The Kier molecular flexibility index (Phi) is 396. The van der Waals surface area contributed by atoms with Crippen LogP contribution < -0.4 is 0 Å². The average molecular weight is 184 g/mol. The van der Waals surface area contributed by atoms with E-state index in [9.17, 15) is 0 Å². The van der Waals surface area contributed by atoms with Crippen LogP contribution in [0.2, 0.25) is 0 Å². The number of hydrogen-bond donors (Lipinski definition) is 0. The van der Waals surface area contributed by atoms with E-state index in [4.69, 9.17) is 0 Å². The van der Waals surface area contributed by atoms with Gasteiger partial charge in [0, 0.05) is 26.2 Å². The van der Waals surface area contributed by atoms with Crippen LogP contribution in [0.25, 0.3) is 0 Å². The summed E-state index contributed by atoms with van der Waals surface area (Å²) in [6.45, 7) is 0. The van der Waals surface area contributed by atoms with Crippen molar-refractivity contribution in [1.82, 2.24) is 0 Å². The van der Waals surface area contributed by atoms with Crippen molar-refractivity contribution in [2.45, 2.75) is 0 Å². The molecule has 0 fully saturated rings. The molecule has 0 amide bonds. The Morgan fingerprint density at radius 1 is 0.750 bits per heavy atom. The van der Waals surface area contributed by atoms with Crippen molar-refractivity contribution in [2.24, 2.45) is 0 Å². The molecule has 4 heavy (non-hydrogen) atoms. The first-order valence-corrected chi connectivity index (χ1v) is 0. The first-order valence-electron chi connectivity index (χ1n) is 0. The molecule has 2 N–H and O–H groups in total. The summed E-state index contributed by atoms with van der Waals surface area (Å²) in [6.07, 6.45) is 0. The van der Waals surface area contributed by atoms with E-state index in [0.29, 0.717) is 0 Å². The smallest absolute Gasteiger partial charge is 0.870 e. The van der Waals surface area contributed by atoms with Crippen molar-refractivity contribution in [3.63, 3.8) is 0 Å². The molecule has 4 heteroatoms. The molecule has 0 bridgehead atoms. The summed E-state index contributed by atoms with van der Waals surface area (Å²) in [7, 11) is 0. The predicted octanol–water partition coefficient (Wildman–Crippen LogP) is -0.359. The summed E-state index contributed by atoms with van der Waals surface area (Å²) in [4.78, 5) is 0. The monoisotopic (exact) mass is 183 g/mol. The molecule has 0 saturated carbocycles. The fraction of sp³-hybridized carbons (Fsp3) is 0. The summed E-state index contributed by atoms with van der Waals surface area (Å²) >= 11 is 0. The Hall–Kier alpha value is 1.31. The second-order valence-corrected chi connectivity index (χ2v) is 0. The van der Waals surface area contributed by atoms with Gasteiger partial charge in [-0.1, -0.05) is 0 Å². The van der Waals surface area contributed by atoms with Crippen LogP contribution in [0.4, 0.5) is 0 Å². The second-order valence-electron chi connectivity index (χ2n) is 0. The van der Waals surface area contributed by atoms with Gasteiger partial charge in [0.05, 0.1) is 0 Å². The van der Waals surface area contributed by atoms with E-state index in [2.05, 4.69) is 0 Å². The summed E-state index contributed by atoms with van der Waals surface area (Å²) in [6, 6.07) is 0. The molecule has 0 aliphatic carbocycles. The number of hydrogen-bond acceptors (Lipinski definition) is 2. The molecule has 0 unspecified atom stereocenters. The molecule has 0 aromatic rings. The third-order valence-electron chi connectivity index (χ3n) is 0. The van der Waals surface area contributed by atoms with Crippen molar-refractivity contribution in [2.75, 3.05) is 0 Å². The van der Waals surface area contributed by atoms with E-state index in [1.165, 1.54) is 0 Å². The van der Waals surface area contributed by atoms with Crippen LogP contribution in [0.15, 0.2) is 0 Å². The minimum absolute atomic E-state index is 0. The zero-order valence-electron chi connectivity index (χ0n) is 1.73. The molecule has 0 aromatic carbocycles. The standard InChI is InChI=1S/Co.2H2O.Zr/h;2*1H2;/q+2;;;/p-2. The first kappa shape index (κ1) is 57.5. The van der Waals surface area contributed by atoms with Crippen molar-refractivity contribution in [1.29, 1.82) is 0 Å². The van der Waals surface area contributed by atoms with Crippen molar-refractivity contribution in [3.05, 3.63) is 0 Å². The maximum Gasteiger partial charge on any atom is 2.00 e. The predicted molar refractivity (Wildman–Crippen MR) is 3.87 cm³/mol. The van der Waals surface area contributed by atoms with E-state index < -0.39 is 0 Å². The topological polar surface area (TPSA) is 60.0 Å². The fourth-order valence-electron chi connectivity index (χ4n) is 0. The summed E-state index contributed by atoms with van der Waals surface area (Å²) < 4.78 is 0. The van der Waals surface area contributed by atoms with Gasteiger partial charge in [-0.05, 0) is 0 Å². The summed E-state index contributed by atoms with van der Waals surface area (Å²) in [5.41, 5.74) is 0. The van der Waals surface area contributed by atoms with Gasteiger partial charge in [-0.3, -0.25) is 0 Å². The van der Waals surface area contributed by atoms with E-state index in [1.807, 2.05) is 0 Å². The van der Waals surface area contributed by atoms with Gasteiger partial charge >= 0.3 is 16.8 Å². The van der Waals surface area contributed by atoms with Crippen molar-refractivity contribution < 1.29 is 53.9 Å². The SMILES string of the molecule is [Co+2].[OH-].[OH-].[Zr]. The van der Waals surface area contributed by atoms with Crippen molar-refractivity contribution >= 4 is 0 Å². The van der Waals surface area contributed by atoms with E-state index in [1.54, 1.807) is 0 Å². The minimum atomic E-state index is 0. The van der Waals surface area contributed by atoms with Gasteiger partial charge in [0.15, 0.2) is 0 Å². The molecule has 0 saturated heterocycles. The molecular formula is H2CoO2Zr. The zero-order chi connectivity index (χ0) is 0. The van der Waals surface area contributed by atoms with Gasteiger partial charge < -0.3 is 11.0 Å². The summed E-state index contributed by atoms with van der Waals surface area (Å²) in [5.74, 6) is 0. The molecule has 0 aliphatic rings. The van der Waals surface area contributed by atoms with E-state index >= 15 is 0 Å². The number of rotatable bonds is 0. The molecule has 1 radical (unpaired) electrons. The first-order chi connectivity index (χ1) is 0. The van der Waals surface area contributed by atoms with Gasteiger partial charge in [0.25, 0.3) is 0 Å². The molecule has 0 atom stereocenters. The molecule has 0 aliphatic heterocycles. The molecular weight excluding hydrogens is 182 g/mol. The Labute approximate surface area is 53.9 Å². The third kappa shape index (κ3) is 10.3. The average Bonchev–Trinajstić information content (AvgIpc) is 0. The van der Waals surface area contributed by atoms with Gasteiger partial charge in [0.1, 0.15) is 0 Å². The van der Waals surface area contributed by atoms with Gasteiger partial charge in [-0.15, -0.1) is 0 Å². The largest absolute Gasteiger partial charge is 2.00 e. The Bertz CT molecular complexity index is 6.00. The normalized spacial score (nSPS) is 0. The third-order valence-corrected chi connectivity index (χ3v) is 0. The fourth-order valence-corrected chi connectivity index (χ4v) is 0. The van der Waals surface area contributed by atoms with Crippen LogP contribution in [0.1, 0.15) is 0 Å². The van der Waals surface area contributed by atoms with Crippen LogP contribution in [0, 0.1) is 0 Å². The van der Waals surface area contributed by atoms with Crippen LogP contribution in [-0.4, -0.2) is 11.0 Å². The van der Waals surface area contributed by atoms with Gasteiger partial charge in [0.2, 0.25) is 0 Å². The Morgan fingerprint density at radius 3 is 0.750 bits per heavy atom. The quantitative estimate of drug-likeness (QED) is 0.516. The molecule has 0 spiro atoms. The molecule has 0 heterocycles. The Morgan fingerprint density at radius 2 is 0.750 bits per heavy atom.